The van der Waals surface area contributed by atoms with Crippen molar-refractivity contribution in [2.75, 3.05) is 11.9 Å². The first-order chi connectivity index (χ1) is 10.7. The summed E-state index contributed by atoms with van der Waals surface area (Å²) in [6.45, 7) is 5.14. The molecule has 0 bridgehead atoms. The molecule has 1 saturated carbocycles. The fourth-order valence-corrected chi connectivity index (χ4v) is 2.14. The van der Waals surface area contributed by atoms with Crippen LogP contribution in [0.2, 0.25) is 0 Å². The number of nitrogens with one attached hydrogen (secondary N) is 2. The Hall–Kier alpha value is -2.37. The molecule has 1 aliphatic rings. The molecule has 6 heteroatoms. The van der Waals surface area contributed by atoms with Crippen molar-refractivity contribution in [2.45, 2.75) is 27.2 Å². The van der Waals surface area contributed by atoms with E-state index in [1.807, 2.05) is 6.92 Å². The second-order valence-corrected chi connectivity index (χ2v) is 6.76. The van der Waals surface area contributed by atoms with Gasteiger partial charge in [-0.25, -0.2) is 0 Å². The summed E-state index contributed by atoms with van der Waals surface area (Å²) >= 11 is 0. The average molecular weight is 318 g/mol. The third-order valence-corrected chi connectivity index (χ3v) is 4.11. The highest BCUT2D eigenvalue weighted by Crippen LogP contribution is 2.38. The molecular formula is C17H22N2O4. The summed E-state index contributed by atoms with van der Waals surface area (Å²) in [6, 6.07) is 6.62. The molecule has 0 aromatic heterocycles. The van der Waals surface area contributed by atoms with Gasteiger partial charge in [-0.1, -0.05) is 13.0 Å². The quantitative estimate of drug-likeness (QED) is 0.748. The van der Waals surface area contributed by atoms with Crippen LogP contribution < -0.4 is 10.6 Å². The van der Waals surface area contributed by atoms with Crippen molar-refractivity contribution < 1.29 is 19.5 Å². The standard InChI is InChI=1S/C17H22N2O4/c1-10-7-13(10)15(21)19-12-6-4-5-11(8-12)14(20)18-9-17(2,3)16(22)23/h4-6,8,10,13H,7,9H2,1-3H3,(H,18,20)(H,19,21)(H,22,23). The van der Waals surface area contributed by atoms with Gasteiger partial charge in [0.2, 0.25) is 5.91 Å². The molecular weight excluding hydrogens is 296 g/mol. The Labute approximate surface area is 135 Å². The summed E-state index contributed by atoms with van der Waals surface area (Å²) in [4.78, 5) is 35.1. The van der Waals surface area contributed by atoms with Gasteiger partial charge in [0, 0.05) is 23.7 Å². The van der Waals surface area contributed by atoms with Gasteiger partial charge in [0.1, 0.15) is 0 Å². The molecule has 124 valence electrons. The first-order valence-corrected chi connectivity index (χ1v) is 7.63. The Bertz CT molecular complexity index is 639. The monoisotopic (exact) mass is 318 g/mol. The number of carboxylic acid groups (broad SMARTS) is 1. The van der Waals surface area contributed by atoms with Gasteiger partial charge < -0.3 is 15.7 Å². The average Bonchev–Trinajstić information content (AvgIpc) is 3.22. The largest absolute Gasteiger partial charge is 0.481 e. The van der Waals surface area contributed by atoms with Crippen LogP contribution in [0.4, 0.5) is 5.69 Å². The van der Waals surface area contributed by atoms with Crippen LogP contribution in [0.1, 0.15) is 37.6 Å². The molecule has 1 aromatic rings. The first-order valence-electron chi connectivity index (χ1n) is 7.63. The molecule has 23 heavy (non-hydrogen) atoms. The van der Waals surface area contributed by atoms with Crippen LogP contribution in [-0.2, 0) is 9.59 Å². The summed E-state index contributed by atoms with van der Waals surface area (Å²) in [5.74, 6) is -0.891. The summed E-state index contributed by atoms with van der Waals surface area (Å²) in [5.41, 5.74) is -0.0871. The number of carbonyl (C=O) groups excluding carboxylic acids is 2. The van der Waals surface area contributed by atoms with Crippen LogP contribution in [0, 0.1) is 17.3 Å². The fourth-order valence-electron chi connectivity index (χ4n) is 2.14. The predicted molar refractivity (Wildman–Crippen MR) is 86.1 cm³/mol. The third-order valence-electron chi connectivity index (χ3n) is 4.11. The Kier molecular flexibility index (Phi) is 4.73. The van der Waals surface area contributed by atoms with E-state index >= 15 is 0 Å². The van der Waals surface area contributed by atoms with E-state index in [1.165, 1.54) is 0 Å². The topological polar surface area (TPSA) is 95.5 Å². The van der Waals surface area contributed by atoms with Gasteiger partial charge in [0.25, 0.3) is 5.91 Å². The van der Waals surface area contributed by atoms with Crippen molar-refractivity contribution in [2.24, 2.45) is 17.3 Å². The molecule has 2 unspecified atom stereocenters. The molecule has 0 radical (unpaired) electrons. The van der Waals surface area contributed by atoms with Crippen LogP contribution in [0.25, 0.3) is 0 Å². The van der Waals surface area contributed by atoms with Gasteiger partial charge >= 0.3 is 5.97 Å². The van der Waals surface area contributed by atoms with E-state index in [0.717, 1.165) is 6.42 Å². The van der Waals surface area contributed by atoms with Crippen LogP contribution >= 0.6 is 0 Å². The molecule has 3 N–H and O–H groups in total. The molecule has 0 spiro atoms. The molecule has 1 fully saturated rings. The normalized spacial score (nSPS) is 19.8. The van der Waals surface area contributed by atoms with E-state index in [4.69, 9.17) is 5.11 Å². The van der Waals surface area contributed by atoms with E-state index in [9.17, 15) is 14.4 Å². The van der Waals surface area contributed by atoms with E-state index in [-0.39, 0.29) is 24.3 Å². The highest BCUT2D eigenvalue weighted by atomic mass is 16.4. The van der Waals surface area contributed by atoms with Gasteiger partial charge in [-0.15, -0.1) is 0 Å². The van der Waals surface area contributed by atoms with E-state index < -0.39 is 11.4 Å². The van der Waals surface area contributed by atoms with Crippen LogP contribution in [0.3, 0.4) is 0 Å². The molecule has 1 aliphatic carbocycles. The first kappa shape index (κ1) is 17.0. The van der Waals surface area contributed by atoms with Gasteiger partial charge in [-0.05, 0) is 44.4 Å². The maximum Gasteiger partial charge on any atom is 0.310 e. The van der Waals surface area contributed by atoms with E-state index in [2.05, 4.69) is 10.6 Å². The molecule has 1 aromatic carbocycles. The zero-order valence-electron chi connectivity index (χ0n) is 13.6. The number of hydrogen-bond donors (Lipinski definition) is 3. The second-order valence-electron chi connectivity index (χ2n) is 6.76. The SMILES string of the molecule is CC1CC1C(=O)Nc1cccc(C(=O)NCC(C)(C)C(=O)O)c1. The Morgan fingerprint density at radius 2 is 1.96 bits per heavy atom. The maximum absolute atomic E-state index is 12.1. The van der Waals surface area contributed by atoms with Crippen molar-refractivity contribution in [1.29, 1.82) is 0 Å². The van der Waals surface area contributed by atoms with Crippen molar-refractivity contribution in [1.82, 2.24) is 5.32 Å². The smallest absolute Gasteiger partial charge is 0.310 e. The number of carbonyl (C=O) groups is 3. The van der Waals surface area contributed by atoms with Crippen molar-refractivity contribution in [3.05, 3.63) is 29.8 Å². The van der Waals surface area contributed by atoms with E-state index in [0.29, 0.717) is 17.2 Å². The van der Waals surface area contributed by atoms with Crippen LogP contribution in [0.15, 0.2) is 24.3 Å². The number of hydrogen-bond acceptors (Lipinski definition) is 3. The highest BCUT2D eigenvalue weighted by Gasteiger charge is 2.39. The lowest BCUT2D eigenvalue weighted by atomic mass is 9.94. The molecule has 0 saturated heterocycles. The third kappa shape index (κ3) is 4.31. The summed E-state index contributed by atoms with van der Waals surface area (Å²) in [6.07, 6.45) is 0.899. The Morgan fingerprint density at radius 1 is 1.30 bits per heavy atom. The fraction of sp³-hybridized carbons (Fsp3) is 0.471. The molecule has 0 aliphatic heterocycles. The van der Waals surface area contributed by atoms with Crippen molar-refractivity contribution in [3.8, 4) is 0 Å². The van der Waals surface area contributed by atoms with Crippen LogP contribution in [0.5, 0.6) is 0 Å². The highest BCUT2D eigenvalue weighted by molar-refractivity contribution is 5.98. The van der Waals surface area contributed by atoms with Crippen LogP contribution in [-0.4, -0.2) is 29.4 Å². The summed E-state index contributed by atoms with van der Waals surface area (Å²) in [7, 11) is 0. The molecule has 0 heterocycles. The van der Waals surface area contributed by atoms with Crippen molar-refractivity contribution >= 4 is 23.5 Å². The van der Waals surface area contributed by atoms with Crippen molar-refractivity contribution in [3.63, 3.8) is 0 Å². The number of amides is 2. The number of anilines is 1. The van der Waals surface area contributed by atoms with E-state index in [1.54, 1.807) is 38.1 Å². The minimum absolute atomic E-state index is 0.0251. The number of benzene rings is 1. The number of carboxylic acids is 1. The maximum atomic E-state index is 12.1. The van der Waals surface area contributed by atoms with Gasteiger partial charge in [-0.2, -0.15) is 0 Å². The van der Waals surface area contributed by atoms with Gasteiger partial charge in [0.15, 0.2) is 0 Å². The molecule has 2 amide bonds. The Morgan fingerprint density at radius 3 is 2.52 bits per heavy atom. The summed E-state index contributed by atoms with van der Waals surface area (Å²) < 4.78 is 0. The lowest BCUT2D eigenvalue weighted by molar-refractivity contribution is -0.146. The van der Waals surface area contributed by atoms with Gasteiger partial charge in [-0.3, -0.25) is 14.4 Å². The lowest BCUT2D eigenvalue weighted by Crippen LogP contribution is -2.38. The Balaban J connectivity index is 1.97. The minimum atomic E-state index is -1.04. The second kappa shape index (κ2) is 6.40. The predicted octanol–water partition coefficient (Wildman–Crippen LogP) is 2.12. The zero-order chi connectivity index (χ0) is 17.2. The van der Waals surface area contributed by atoms with Gasteiger partial charge in [0.05, 0.1) is 5.41 Å². The summed E-state index contributed by atoms with van der Waals surface area (Å²) in [5, 5.41) is 14.5. The molecule has 2 atom stereocenters. The minimum Gasteiger partial charge on any atom is -0.481 e. The number of aliphatic carboxylic acids is 1. The number of rotatable bonds is 6. The molecule has 2 rings (SSSR count). The lowest BCUT2D eigenvalue weighted by Gasteiger charge is -2.19. The molecule has 6 nitrogen and oxygen atoms in total. The zero-order valence-corrected chi connectivity index (χ0v) is 13.6.